The molecule has 7 nitrogen and oxygen atoms in total. The average molecular weight is 304 g/mol. The molecular weight excluding hydrogens is 284 g/mol. The van der Waals surface area contributed by atoms with Crippen LogP contribution in [0.5, 0.6) is 11.8 Å². The van der Waals surface area contributed by atoms with Crippen LogP contribution in [0.25, 0.3) is 0 Å². The number of aromatic nitrogens is 2. The quantitative estimate of drug-likeness (QED) is 0.673. The molecule has 0 radical (unpaired) electrons. The Labute approximate surface area is 119 Å². The molecule has 0 saturated heterocycles. The van der Waals surface area contributed by atoms with Gasteiger partial charge in [-0.15, -0.1) is 0 Å². The van der Waals surface area contributed by atoms with E-state index < -0.39 is 15.4 Å². The van der Waals surface area contributed by atoms with E-state index in [1.54, 1.807) is 19.9 Å². The fourth-order valence-electron chi connectivity index (χ4n) is 1.23. The van der Waals surface area contributed by atoms with Crippen LogP contribution in [-0.4, -0.2) is 36.8 Å². The van der Waals surface area contributed by atoms with E-state index in [-0.39, 0.29) is 12.4 Å². The van der Waals surface area contributed by atoms with Crippen molar-refractivity contribution < 1.29 is 22.1 Å². The molecule has 0 amide bonds. The predicted molar refractivity (Wildman–Crippen MR) is 73.2 cm³/mol. The van der Waals surface area contributed by atoms with Crippen molar-refractivity contribution in [2.75, 3.05) is 13.2 Å². The van der Waals surface area contributed by atoms with Crippen molar-refractivity contribution in [3.05, 3.63) is 11.9 Å². The largest absolute Gasteiger partial charge is 0.478 e. The SMILES string of the molecule is CCOc1cc(OCC)nc(COS(=O)(=O)C(C)C)n1. The second-order valence-corrected chi connectivity index (χ2v) is 6.29. The van der Waals surface area contributed by atoms with Gasteiger partial charge in [-0.1, -0.05) is 0 Å². The van der Waals surface area contributed by atoms with Gasteiger partial charge in [-0.2, -0.15) is 18.4 Å². The Morgan fingerprint density at radius 3 is 2.00 bits per heavy atom. The summed E-state index contributed by atoms with van der Waals surface area (Å²) < 4.78 is 38.6. The third-order valence-electron chi connectivity index (χ3n) is 2.24. The summed E-state index contributed by atoms with van der Waals surface area (Å²) in [6.07, 6.45) is 0. The number of ether oxygens (including phenoxy) is 2. The van der Waals surface area contributed by atoms with Crippen molar-refractivity contribution >= 4 is 10.1 Å². The first-order valence-corrected chi connectivity index (χ1v) is 7.88. The first-order valence-electron chi connectivity index (χ1n) is 6.40. The normalized spacial score (nSPS) is 11.7. The summed E-state index contributed by atoms with van der Waals surface area (Å²) in [5, 5.41) is -0.621. The second-order valence-electron chi connectivity index (χ2n) is 4.13. The van der Waals surface area contributed by atoms with Gasteiger partial charge in [0.25, 0.3) is 10.1 Å². The van der Waals surface area contributed by atoms with Crippen molar-refractivity contribution in [1.29, 1.82) is 0 Å². The highest BCUT2D eigenvalue weighted by atomic mass is 32.2. The molecular formula is C12H20N2O5S. The number of hydrogen-bond acceptors (Lipinski definition) is 7. The topological polar surface area (TPSA) is 87.6 Å². The van der Waals surface area contributed by atoms with Gasteiger partial charge in [0, 0.05) is 0 Å². The minimum atomic E-state index is -3.61. The lowest BCUT2D eigenvalue weighted by Gasteiger charge is -2.10. The number of nitrogens with zero attached hydrogens (tertiary/aromatic N) is 2. The fourth-order valence-corrected chi connectivity index (χ4v) is 1.77. The zero-order chi connectivity index (χ0) is 15.2. The molecule has 0 N–H and O–H groups in total. The summed E-state index contributed by atoms with van der Waals surface area (Å²) in [4.78, 5) is 8.13. The van der Waals surface area contributed by atoms with Crippen LogP contribution in [0.4, 0.5) is 0 Å². The van der Waals surface area contributed by atoms with Crippen LogP contribution >= 0.6 is 0 Å². The molecule has 1 aromatic heterocycles. The van der Waals surface area contributed by atoms with Crippen LogP contribution in [0, 0.1) is 0 Å². The molecule has 0 saturated carbocycles. The van der Waals surface area contributed by atoms with Crippen molar-refractivity contribution in [3.8, 4) is 11.8 Å². The minimum absolute atomic E-state index is 0.198. The van der Waals surface area contributed by atoms with Gasteiger partial charge in [0.2, 0.25) is 11.8 Å². The zero-order valence-corrected chi connectivity index (χ0v) is 12.9. The maximum absolute atomic E-state index is 11.6. The monoisotopic (exact) mass is 304 g/mol. The Bertz CT molecular complexity index is 506. The molecule has 1 aromatic rings. The molecule has 0 aliphatic heterocycles. The van der Waals surface area contributed by atoms with Gasteiger partial charge >= 0.3 is 0 Å². The Morgan fingerprint density at radius 1 is 1.10 bits per heavy atom. The highest BCUT2D eigenvalue weighted by molar-refractivity contribution is 7.87. The molecule has 0 aliphatic carbocycles. The molecule has 114 valence electrons. The molecule has 0 bridgehead atoms. The highest BCUT2D eigenvalue weighted by Gasteiger charge is 2.18. The number of hydrogen-bond donors (Lipinski definition) is 0. The van der Waals surface area contributed by atoms with E-state index in [0.29, 0.717) is 25.0 Å². The predicted octanol–water partition coefficient (Wildman–Crippen LogP) is 1.53. The van der Waals surface area contributed by atoms with Gasteiger partial charge in [0.1, 0.15) is 6.61 Å². The van der Waals surface area contributed by atoms with E-state index in [9.17, 15) is 8.42 Å². The van der Waals surface area contributed by atoms with Crippen LogP contribution in [0.15, 0.2) is 6.07 Å². The van der Waals surface area contributed by atoms with Crippen LogP contribution in [-0.2, 0) is 20.9 Å². The second kappa shape index (κ2) is 7.39. The maximum atomic E-state index is 11.6. The third kappa shape index (κ3) is 4.93. The first-order chi connectivity index (χ1) is 9.39. The van der Waals surface area contributed by atoms with E-state index in [2.05, 4.69) is 9.97 Å². The van der Waals surface area contributed by atoms with E-state index >= 15 is 0 Å². The van der Waals surface area contributed by atoms with E-state index in [4.69, 9.17) is 13.7 Å². The van der Waals surface area contributed by atoms with Gasteiger partial charge in [-0.3, -0.25) is 4.18 Å². The van der Waals surface area contributed by atoms with Crippen LogP contribution in [0.1, 0.15) is 33.5 Å². The summed E-state index contributed by atoms with van der Waals surface area (Å²) in [5.74, 6) is 0.849. The Balaban J connectivity index is 2.88. The van der Waals surface area contributed by atoms with Gasteiger partial charge in [0.15, 0.2) is 5.82 Å². The maximum Gasteiger partial charge on any atom is 0.270 e. The minimum Gasteiger partial charge on any atom is -0.478 e. The summed E-state index contributed by atoms with van der Waals surface area (Å²) in [6.45, 7) is 7.35. The Kier molecular flexibility index (Phi) is 6.15. The summed E-state index contributed by atoms with van der Waals surface area (Å²) in [5.41, 5.74) is 0. The molecule has 0 aliphatic rings. The zero-order valence-electron chi connectivity index (χ0n) is 12.1. The van der Waals surface area contributed by atoms with Crippen molar-refractivity contribution in [2.24, 2.45) is 0 Å². The van der Waals surface area contributed by atoms with Crippen LogP contribution < -0.4 is 9.47 Å². The Morgan fingerprint density at radius 2 is 1.60 bits per heavy atom. The van der Waals surface area contributed by atoms with Crippen molar-refractivity contribution in [2.45, 2.75) is 39.6 Å². The smallest absolute Gasteiger partial charge is 0.270 e. The summed E-state index contributed by atoms with van der Waals surface area (Å²) in [6, 6.07) is 1.55. The lowest BCUT2D eigenvalue weighted by molar-refractivity contribution is 0.274. The van der Waals surface area contributed by atoms with E-state index in [1.807, 2.05) is 13.8 Å². The average Bonchev–Trinajstić information content (AvgIpc) is 2.37. The summed E-state index contributed by atoms with van der Waals surface area (Å²) >= 11 is 0. The lowest BCUT2D eigenvalue weighted by atomic mass is 10.5. The third-order valence-corrected chi connectivity index (χ3v) is 3.84. The van der Waals surface area contributed by atoms with Crippen molar-refractivity contribution in [3.63, 3.8) is 0 Å². The van der Waals surface area contributed by atoms with E-state index in [1.165, 1.54) is 0 Å². The molecule has 1 rings (SSSR count). The van der Waals surface area contributed by atoms with E-state index in [0.717, 1.165) is 0 Å². The highest BCUT2D eigenvalue weighted by Crippen LogP contribution is 2.17. The van der Waals surface area contributed by atoms with Crippen LogP contribution in [0.2, 0.25) is 0 Å². The molecule has 0 unspecified atom stereocenters. The molecule has 0 atom stereocenters. The molecule has 20 heavy (non-hydrogen) atoms. The molecule has 0 aromatic carbocycles. The van der Waals surface area contributed by atoms with Crippen molar-refractivity contribution in [1.82, 2.24) is 9.97 Å². The van der Waals surface area contributed by atoms with Crippen LogP contribution in [0.3, 0.4) is 0 Å². The van der Waals surface area contributed by atoms with Gasteiger partial charge in [0.05, 0.1) is 24.5 Å². The van der Waals surface area contributed by atoms with Gasteiger partial charge in [-0.05, 0) is 27.7 Å². The summed E-state index contributed by atoms with van der Waals surface area (Å²) in [7, 11) is -3.61. The standard InChI is InChI=1S/C12H20N2O5S/c1-5-17-11-7-12(18-6-2)14-10(13-11)8-19-20(15,16)9(3)4/h7,9H,5-6,8H2,1-4H3. The Hall–Kier alpha value is -1.41. The van der Waals surface area contributed by atoms with Gasteiger partial charge in [-0.25, -0.2) is 0 Å². The molecule has 0 fully saturated rings. The fraction of sp³-hybridized carbons (Fsp3) is 0.667. The molecule has 8 heteroatoms. The first kappa shape index (κ1) is 16.6. The van der Waals surface area contributed by atoms with Gasteiger partial charge < -0.3 is 9.47 Å². The number of rotatable bonds is 8. The lowest BCUT2D eigenvalue weighted by Crippen LogP contribution is -2.18. The molecule has 0 spiro atoms. The molecule has 1 heterocycles.